The molecule has 9 nitrogen and oxygen atoms in total. The Labute approximate surface area is 276 Å². The number of carbonyl (C=O) groups excluding carboxylic acids is 3. The molecule has 0 heterocycles. The highest BCUT2D eigenvalue weighted by atomic mass is 32.2. The van der Waals surface area contributed by atoms with Gasteiger partial charge in [0.15, 0.2) is 0 Å². The monoisotopic (exact) mass is 642 g/mol. The predicted molar refractivity (Wildman–Crippen MR) is 185 cm³/mol. The number of amides is 3. The van der Waals surface area contributed by atoms with Gasteiger partial charge in [0, 0.05) is 33.6 Å². The number of nitro groups is 1. The standard InChI is InChI=1S/C37H30N4O5S/c1-26(37(44)40(30-16-7-3-8-17-30)31-18-9-4-10-19-31)47-32-23-21-29(22-24-32)38-36(43)33(39-35(42)27-13-5-2-6-14-27)25-28-15-11-12-20-34(28)41(45)46/h2-26H,1H3,(H,38,43)(H,39,42)/b33-25+. The fraction of sp³-hybridized carbons (Fsp3) is 0.0541. The molecule has 0 aromatic heterocycles. The minimum Gasteiger partial charge on any atom is -0.321 e. The number of para-hydroxylation sites is 3. The number of benzene rings is 5. The first-order chi connectivity index (χ1) is 22.8. The van der Waals surface area contributed by atoms with Crippen LogP contribution in [0, 0.1) is 10.1 Å². The van der Waals surface area contributed by atoms with Crippen LogP contribution in [0.1, 0.15) is 22.8 Å². The lowest BCUT2D eigenvalue weighted by atomic mass is 10.1. The summed E-state index contributed by atoms with van der Waals surface area (Å²) in [6, 6.07) is 40.1. The minimum atomic E-state index is -0.669. The molecule has 0 aliphatic carbocycles. The van der Waals surface area contributed by atoms with E-state index >= 15 is 0 Å². The summed E-state index contributed by atoms with van der Waals surface area (Å²) in [5.74, 6) is -1.31. The van der Waals surface area contributed by atoms with Gasteiger partial charge in [-0.15, -0.1) is 11.8 Å². The van der Waals surface area contributed by atoms with E-state index in [1.807, 2.05) is 67.6 Å². The topological polar surface area (TPSA) is 122 Å². The number of nitrogens with one attached hydrogen (secondary N) is 2. The summed E-state index contributed by atoms with van der Waals surface area (Å²) in [5.41, 5.74) is 2.04. The summed E-state index contributed by atoms with van der Waals surface area (Å²) in [7, 11) is 0. The molecular formula is C37H30N4O5S. The van der Waals surface area contributed by atoms with E-state index in [0.717, 1.165) is 16.3 Å². The van der Waals surface area contributed by atoms with Crippen LogP contribution >= 0.6 is 11.8 Å². The molecule has 0 aliphatic rings. The molecule has 5 rings (SSSR count). The van der Waals surface area contributed by atoms with Gasteiger partial charge in [-0.1, -0.05) is 66.7 Å². The van der Waals surface area contributed by atoms with Gasteiger partial charge in [0.2, 0.25) is 5.91 Å². The van der Waals surface area contributed by atoms with Crippen molar-refractivity contribution in [1.29, 1.82) is 0 Å². The van der Waals surface area contributed by atoms with Crippen LogP contribution in [0.4, 0.5) is 22.7 Å². The first-order valence-electron chi connectivity index (χ1n) is 14.6. The Morgan fingerprint density at radius 2 is 1.28 bits per heavy atom. The Bertz CT molecular complexity index is 1860. The predicted octanol–water partition coefficient (Wildman–Crippen LogP) is 7.85. The van der Waals surface area contributed by atoms with Gasteiger partial charge < -0.3 is 10.6 Å². The van der Waals surface area contributed by atoms with Crippen molar-refractivity contribution in [3.63, 3.8) is 0 Å². The van der Waals surface area contributed by atoms with E-state index in [-0.39, 0.29) is 22.9 Å². The molecular weight excluding hydrogens is 612 g/mol. The van der Waals surface area contributed by atoms with Crippen molar-refractivity contribution in [1.82, 2.24) is 5.32 Å². The van der Waals surface area contributed by atoms with Crippen LogP contribution in [0.5, 0.6) is 0 Å². The summed E-state index contributed by atoms with van der Waals surface area (Å²) >= 11 is 1.38. The lowest BCUT2D eigenvalue weighted by Gasteiger charge is -2.26. The third-order valence-electron chi connectivity index (χ3n) is 6.98. The summed E-state index contributed by atoms with van der Waals surface area (Å²) in [6.45, 7) is 1.84. The van der Waals surface area contributed by atoms with E-state index in [9.17, 15) is 24.5 Å². The third-order valence-corrected chi connectivity index (χ3v) is 8.08. The zero-order chi connectivity index (χ0) is 33.2. The number of carbonyl (C=O) groups is 3. The van der Waals surface area contributed by atoms with Crippen LogP contribution in [0.2, 0.25) is 0 Å². The molecule has 2 N–H and O–H groups in total. The molecule has 1 unspecified atom stereocenters. The van der Waals surface area contributed by atoms with E-state index in [0.29, 0.717) is 11.3 Å². The normalized spacial score (nSPS) is 11.6. The summed E-state index contributed by atoms with van der Waals surface area (Å²) in [6.07, 6.45) is 1.27. The Kier molecular flexibility index (Phi) is 10.6. The zero-order valence-corrected chi connectivity index (χ0v) is 26.1. The van der Waals surface area contributed by atoms with Gasteiger partial charge in [-0.2, -0.15) is 0 Å². The second-order valence-electron chi connectivity index (χ2n) is 10.3. The average molecular weight is 643 g/mol. The molecule has 0 bridgehead atoms. The number of anilines is 3. The Balaban J connectivity index is 1.32. The van der Waals surface area contributed by atoms with Gasteiger partial charge in [-0.05, 0) is 79.7 Å². The molecule has 47 heavy (non-hydrogen) atoms. The Hall–Kier alpha value is -6.00. The van der Waals surface area contributed by atoms with Crippen molar-refractivity contribution in [3.8, 4) is 0 Å². The van der Waals surface area contributed by atoms with E-state index < -0.39 is 22.0 Å². The molecule has 0 fully saturated rings. The molecule has 0 spiro atoms. The molecule has 0 aliphatic heterocycles. The maximum absolute atomic E-state index is 13.7. The largest absolute Gasteiger partial charge is 0.321 e. The fourth-order valence-electron chi connectivity index (χ4n) is 4.68. The van der Waals surface area contributed by atoms with Gasteiger partial charge in [-0.3, -0.25) is 29.4 Å². The third kappa shape index (κ3) is 8.38. The van der Waals surface area contributed by atoms with E-state index in [2.05, 4.69) is 10.6 Å². The second kappa shape index (κ2) is 15.3. The van der Waals surface area contributed by atoms with Crippen LogP contribution in [0.3, 0.4) is 0 Å². The van der Waals surface area contributed by atoms with Gasteiger partial charge in [0.1, 0.15) is 5.70 Å². The number of rotatable bonds is 11. The maximum atomic E-state index is 13.7. The highest BCUT2D eigenvalue weighted by Gasteiger charge is 2.25. The van der Waals surface area contributed by atoms with E-state index in [1.165, 1.54) is 36.0 Å². The van der Waals surface area contributed by atoms with Crippen molar-refractivity contribution in [3.05, 3.63) is 166 Å². The fourth-order valence-corrected chi connectivity index (χ4v) is 5.59. The molecule has 0 saturated heterocycles. The summed E-state index contributed by atoms with van der Waals surface area (Å²) in [4.78, 5) is 53.7. The number of hydrogen-bond acceptors (Lipinski definition) is 6. The molecule has 3 amide bonds. The molecule has 0 saturated carbocycles. The maximum Gasteiger partial charge on any atom is 0.276 e. The molecule has 1 atom stereocenters. The van der Waals surface area contributed by atoms with Crippen molar-refractivity contribution < 1.29 is 19.3 Å². The molecule has 0 radical (unpaired) electrons. The molecule has 5 aromatic carbocycles. The van der Waals surface area contributed by atoms with Crippen LogP contribution in [0.25, 0.3) is 6.08 Å². The van der Waals surface area contributed by atoms with Gasteiger partial charge in [0.25, 0.3) is 17.5 Å². The van der Waals surface area contributed by atoms with Crippen LogP contribution in [-0.4, -0.2) is 27.9 Å². The number of nitrogens with zero attached hydrogens (tertiary/aromatic N) is 2. The van der Waals surface area contributed by atoms with Crippen molar-refractivity contribution in [2.24, 2.45) is 0 Å². The van der Waals surface area contributed by atoms with Gasteiger partial charge in [-0.25, -0.2) is 0 Å². The average Bonchev–Trinajstić information content (AvgIpc) is 3.10. The van der Waals surface area contributed by atoms with Crippen molar-refractivity contribution in [2.75, 3.05) is 10.2 Å². The van der Waals surface area contributed by atoms with E-state index in [4.69, 9.17) is 0 Å². The summed E-state index contributed by atoms with van der Waals surface area (Å²) in [5, 5.41) is 16.5. The van der Waals surface area contributed by atoms with Gasteiger partial charge in [0.05, 0.1) is 15.7 Å². The quantitative estimate of drug-likeness (QED) is 0.0655. The van der Waals surface area contributed by atoms with Crippen LogP contribution < -0.4 is 15.5 Å². The lowest BCUT2D eigenvalue weighted by Crippen LogP contribution is -2.32. The highest BCUT2D eigenvalue weighted by molar-refractivity contribution is 8.00. The second-order valence-corrected chi connectivity index (χ2v) is 11.7. The van der Waals surface area contributed by atoms with Crippen molar-refractivity contribution in [2.45, 2.75) is 17.1 Å². The number of thioether (sulfide) groups is 1. The Morgan fingerprint density at radius 3 is 1.85 bits per heavy atom. The first kappa shape index (κ1) is 32.4. The molecule has 10 heteroatoms. The van der Waals surface area contributed by atoms with Gasteiger partial charge >= 0.3 is 0 Å². The molecule has 5 aromatic rings. The lowest BCUT2D eigenvalue weighted by molar-refractivity contribution is -0.385. The Morgan fingerprint density at radius 1 is 0.745 bits per heavy atom. The number of nitro benzene ring substituents is 1. The van der Waals surface area contributed by atoms with Crippen molar-refractivity contribution >= 4 is 58.3 Å². The minimum absolute atomic E-state index is 0.0938. The molecule has 234 valence electrons. The number of hydrogen-bond donors (Lipinski definition) is 2. The SMILES string of the molecule is CC(Sc1ccc(NC(=O)/C(=C\c2ccccc2[N+](=O)[O-])NC(=O)c2ccccc2)cc1)C(=O)N(c1ccccc1)c1ccccc1. The summed E-state index contributed by atoms with van der Waals surface area (Å²) < 4.78 is 0. The smallest absolute Gasteiger partial charge is 0.276 e. The van der Waals surface area contributed by atoms with E-state index in [1.54, 1.807) is 65.6 Å². The zero-order valence-electron chi connectivity index (χ0n) is 25.3. The first-order valence-corrected chi connectivity index (χ1v) is 15.5. The van der Waals surface area contributed by atoms with Crippen LogP contribution in [-0.2, 0) is 9.59 Å². The highest BCUT2D eigenvalue weighted by Crippen LogP contribution is 2.32. The van der Waals surface area contributed by atoms with Crippen LogP contribution in [0.15, 0.2) is 150 Å².